The van der Waals surface area contributed by atoms with Crippen LogP contribution in [0, 0.1) is 0 Å². The number of benzene rings is 1. The number of nitrogens with one attached hydrogen (secondary N) is 2. The van der Waals surface area contributed by atoms with Gasteiger partial charge in [0.2, 0.25) is 0 Å². The predicted molar refractivity (Wildman–Crippen MR) is 157 cm³/mol. The second-order valence-corrected chi connectivity index (χ2v) is 11.1. The van der Waals surface area contributed by atoms with Crippen LogP contribution in [-0.2, 0) is 21.6 Å². The summed E-state index contributed by atoms with van der Waals surface area (Å²) in [7, 11) is 0. The quantitative estimate of drug-likeness (QED) is 0.193. The lowest BCUT2D eigenvalue weighted by Gasteiger charge is -2.30. The highest BCUT2D eigenvalue weighted by atomic mass is 32.2. The Labute approximate surface area is 232 Å². The van der Waals surface area contributed by atoms with Crippen LogP contribution < -0.4 is 15.5 Å². The van der Waals surface area contributed by atoms with Gasteiger partial charge in [0.25, 0.3) is 0 Å². The third kappa shape index (κ3) is 7.96. The first-order chi connectivity index (χ1) is 18.6. The molecule has 202 valence electrons. The Morgan fingerprint density at radius 2 is 2.13 bits per heavy atom. The summed E-state index contributed by atoms with van der Waals surface area (Å²) < 4.78 is 11.7. The van der Waals surface area contributed by atoms with Gasteiger partial charge in [-0.25, -0.2) is 14.8 Å². The molecule has 1 aliphatic heterocycles. The topological polar surface area (TPSA) is 88.6 Å². The van der Waals surface area contributed by atoms with Gasteiger partial charge in [-0.3, -0.25) is 5.32 Å². The van der Waals surface area contributed by atoms with E-state index in [9.17, 15) is 4.79 Å². The fraction of sp³-hybridized carbons (Fsp3) is 0.393. The molecule has 0 radical (unpaired) electrons. The number of rotatable bonds is 12. The zero-order chi connectivity index (χ0) is 26.7. The minimum Gasteiger partial charge on any atom is -0.445 e. The van der Waals surface area contributed by atoms with Gasteiger partial charge in [-0.05, 0) is 36.6 Å². The number of carbonyl (C=O) groups is 1. The van der Waals surface area contributed by atoms with Crippen molar-refractivity contribution < 1.29 is 14.3 Å². The van der Waals surface area contributed by atoms with E-state index in [4.69, 9.17) is 14.5 Å². The maximum atomic E-state index is 12.0. The molecule has 38 heavy (non-hydrogen) atoms. The van der Waals surface area contributed by atoms with Gasteiger partial charge in [-0.2, -0.15) is 0 Å². The molecule has 10 heteroatoms. The van der Waals surface area contributed by atoms with Crippen molar-refractivity contribution in [3.63, 3.8) is 0 Å². The number of amides is 1. The summed E-state index contributed by atoms with van der Waals surface area (Å²) in [5.41, 5.74) is 3.88. The molecule has 1 aliphatic rings. The van der Waals surface area contributed by atoms with E-state index < -0.39 is 6.09 Å². The maximum absolute atomic E-state index is 12.0. The molecule has 2 aromatic heterocycles. The van der Waals surface area contributed by atoms with E-state index in [1.54, 1.807) is 23.1 Å². The van der Waals surface area contributed by atoms with Crippen LogP contribution >= 0.6 is 23.1 Å². The van der Waals surface area contributed by atoms with E-state index in [2.05, 4.69) is 59.1 Å². The normalized spacial score (nSPS) is 14.1. The molecule has 0 saturated carbocycles. The van der Waals surface area contributed by atoms with Gasteiger partial charge in [0.1, 0.15) is 16.8 Å². The molecule has 8 nitrogen and oxygen atoms in total. The van der Waals surface area contributed by atoms with E-state index in [0.717, 1.165) is 72.0 Å². The number of hydrogen-bond donors (Lipinski definition) is 2. The number of thiazole rings is 1. The fourth-order valence-corrected chi connectivity index (χ4v) is 5.96. The summed E-state index contributed by atoms with van der Waals surface area (Å²) in [6.45, 7) is 11.2. The highest BCUT2D eigenvalue weighted by Gasteiger charge is 2.17. The summed E-state index contributed by atoms with van der Waals surface area (Å²) in [6.07, 6.45) is 4.85. The Kier molecular flexibility index (Phi) is 10.4. The number of aromatic nitrogens is 2. The van der Waals surface area contributed by atoms with E-state index in [0.29, 0.717) is 5.69 Å². The minimum atomic E-state index is -0.503. The lowest BCUT2D eigenvalue weighted by Crippen LogP contribution is -2.36. The van der Waals surface area contributed by atoms with Gasteiger partial charge in [-0.1, -0.05) is 50.4 Å². The van der Waals surface area contributed by atoms with Crippen molar-refractivity contribution in [2.75, 3.05) is 48.4 Å². The average Bonchev–Trinajstić information content (AvgIpc) is 3.42. The van der Waals surface area contributed by atoms with Crippen LogP contribution in [-0.4, -0.2) is 49.0 Å². The standard InChI is InChI=1S/C28H35N5O3S2/c1-4-12-36-27(34)31-21-9-7-8-20(15-21)25(6-3)32-26-17-23(33-10-13-35-14-11-33)16-22(30-26)19-37-28-29-18-24(5-2)38-28/h4,7-9,15-18,25H,1,5-6,10-14,19H2,2-3H3,(H,30,32)(H,31,34). The second-order valence-electron chi connectivity index (χ2n) is 8.78. The van der Waals surface area contributed by atoms with Gasteiger partial charge < -0.3 is 19.7 Å². The third-order valence-corrected chi connectivity index (χ3v) is 8.39. The van der Waals surface area contributed by atoms with E-state index in [1.807, 2.05) is 24.4 Å². The van der Waals surface area contributed by atoms with Crippen LogP contribution in [0.3, 0.4) is 0 Å². The zero-order valence-electron chi connectivity index (χ0n) is 21.9. The van der Waals surface area contributed by atoms with Gasteiger partial charge in [0.05, 0.1) is 24.9 Å². The van der Waals surface area contributed by atoms with Crippen LogP contribution in [0.25, 0.3) is 0 Å². The molecule has 0 aliphatic carbocycles. The molecule has 3 aromatic rings. The molecule has 0 bridgehead atoms. The van der Waals surface area contributed by atoms with Gasteiger partial charge >= 0.3 is 6.09 Å². The number of hydrogen-bond acceptors (Lipinski definition) is 9. The molecule has 2 N–H and O–H groups in total. The molecule has 1 fully saturated rings. The Morgan fingerprint density at radius 3 is 2.87 bits per heavy atom. The minimum absolute atomic E-state index is 0.0139. The number of pyridine rings is 1. The van der Waals surface area contributed by atoms with E-state index in [1.165, 1.54) is 11.0 Å². The SMILES string of the molecule is C=CCOC(=O)Nc1cccc(C(CC)Nc2cc(N3CCOCC3)cc(CSc3ncc(CC)s3)n2)c1. The Balaban J connectivity index is 1.53. The second kappa shape index (κ2) is 14.2. The Morgan fingerprint density at radius 1 is 1.29 bits per heavy atom. The number of aryl methyl sites for hydroxylation is 1. The van der Waals surface area contributed by atoms with Gasteiger partial charge in [-0.15, -0.1) is 11.3 Å². The van der Waals surface area contributed by atoms with Crippen molar-refractivity contribution >= 4 is 46.4 Å². The number of ether oxygens (including phenoxy) is 2. The first kappa shape index (κ1) is 27.9. The molecule has 1 saturated heterocycles. The smallest absolute Gasteiger partial charge is 0.411 e. The Bertz CT molecular complexity index is 1210. The van der Waals surface area contributed by atoms with E-state index >= 15 is 0 Å². The first-order valence-electron chi connectivity index (χ1n) is 12.9. The summed E-state index contributed by atoms with van der Waals surface area (Å²) >= 11 is 3.47. The third-order valence-electron chi connectivity index (χ3n) is 6.06. The van der Waals surface area contributed by atoms with Crippen LogP contribution in [0.2, 0.25) is 0 Å². The van der Waals surface area contributed by atoms with Crippen molar-refractivity contribution in [2.24, 2.45) is 0 Å². The summed E-state index contributed by atoms with van der Waals surface area (Å²) in [4.78, 5) is 25.2. The monoisotopic (exact) mass is 553 g/mol. The highest BCUT2D eigenvalue weighted by Crippen LogP contribution is 2.31. The summed E-state index contributed by atoms with van der Waals surface area (Å²) in [5.74, 6) is 1.57. The van der Waals surface area contributed by atoms with Crippen molar-refractivity contribution in [3.8, 4) is 0 Å². The Hall–Kier alpha value is -3.08. The molecule has 1 unspecified atom stereocenters. The molecule has 3 heterocycles. The molecule has 1 amide bonds. The molecule has 1 atom stereocenters. The van der Waals surface area contributed by atoms with Crippen LogP contribution in [0.1, 0.15) is 42.4 Å². The number of thioether (sulfide) groups is 1. The molecule has 0 spiro atoms. The number of carbonyl (C=O) groups excluding carboxylic acids is 1. The van der Waals surface area contributed by atoms with Gasteiger partial charge in [0, 0.05) is 47.4 Å². The van der Waals surface area contributed by atoms with Crippen LogP contribution in [0.4, 0.5) is 22.0 Å². The van der Waals surface area contributed by atoms with Crippen molar-refractivity contribution in [3.05, 3.63) is 71.4 Å². The number of morpholine rings is 1. The van der Waals surface area contributed by atoms with Crippen LogP contribution in [0.5, 0.6) is 0 Å². The van der Waals surface area contributed by atoms with Crippen molar-refractivity contribution in [2.45, 2.75) is 42.8 Å². The largest absolute Gasteiger partial charge is 0.445 e. The molecular formula is C28H35N5O3S2. The molecular weight excluding hydrogens is 518 g/mol. The van der Waals surface area contributed by atoms with Gasteiger partial charge in [0.15, 0.2) is 0 Å². The highest BCUT2D eigenvalue weighted by molar-refractivity contribution is 8.00. The maximum Gasteiger partial charge on any atom is 0.411 e. The summed E-state index contributed by atoms with van der Waals surface area (Å²) in [5, 5.41) is 6.42. The zero-order valence-corrected chi connectivity index (χ0v) is 23.6. The lowest BCUT2D eigenvalue weighted by molar-refractivity contribution is 0.122. The number of anilines is 3. The molecule has 1 aromatic carbocycles. The predicted octanol–water partition coefficient (Wildman–Crippen LogP) is 6.53. The lowest BCUT2D eigenvalue weighted by atomic mass is 10.0. The first-order valence-corrected chi connectivity index (χ1v) is 14.7. The fourth-order valence-electron chi connectivity index (χ4n) is 4.10. The van der Waals surface area contributed by atoms with Crippen molar-refractivity contribution in [1.82, 2.24) is 9.97 Å². The molecule has 4 rings (SSSR count). The number of nitrogens with zero attached hydrogens (tertiary/aromatic N) is 3. The summed E-state index contributed by atoms with van der Waals surface area (Å²) in [6, 6.07) is 12.1. The average molecular weight is 554 g/mol. The van der Waals surface area contributed by atoms with Crippen LogP contribution in [0.15, 0.2) is 59.6 Å². The van der Waals surface area contributed by atoms with E-state index in [-0.39, 0.29) is 12.6 Å². The van der Waals surface area contributed by atoms with Crippen molar-refractivity contribution in [1.29, 1.82) is 0 Å².